The van der Waals surface area contributed by atoms with Crippen LogP contribution in [-0.4, -0.2) is 91.7 Å². The highest BCUT2D eigenvalue weighted by Gasteiger charge is 2.87. The molecule has 0 bridgehead atoms. The number of carbonyl (C=O) groups is 4. The molecule has 0 saturated carbocycles. The van der Waals surface area contributed by atoms with Crippen molar-refractivity contribution < 1.29 is 38.1 Å². The zero-order valence-corrected chi connectivity index (χ0v) is 23.3. The molecule has 4 aliphatic heterocycles. The molecular weight excluding hydrogens is 556 g/mol. The third-order valence-electron chi connectivity index (χ3n) is 8.17. The largest absolute Gasteiger partial charge is 0.493 e. The molecule has 0 aliphatic carbocycles. The van der Waals surface area contributed by atoms with Crippen molar-refractivity contribution in [3.63, 3.8) is 0 Å². The van der Waals surface area contributed by atoms with Gasteiger partial charge in [0.1, 0.15) is 13.3 Å². The fraction of sp³-hybridized carbons (Fsp3) is 0.462. The van der Waals surface area contributed by atoms with Crippen molar-refractivity contribution in [1.82, 2.24) is 29.0 Å². The number of methoxy groups -OCH3 is 2. The summed E-state index contributed by atoms with van der Waals surface area (Å²) >= 11 is 0. The molecule has 0 unspecified atom stereocenters. The molecule has 16 heteroatoms. The van der Waals surface area contributed by atoms with Crippen molar-refractivity contribution >= 4 is 24.0 Å². The first kappa shape index (κ1) is 27.2. The number of nitrogens with zero attached hydrogens (tertiary/aromatic N) is 6. The molecule has 0 radical (unpaired) electrons. The van der Waals surface area contributed by atoms with E-state index >= 15 is 0 Å². The van der Waals surface area contributed by atoms with Crippen LogP contribution in [0, 0.1) is 0 Å². The Morgan fingerprint density at radius 3 is 1.43 bits per heavy atom. The number of esters is 2. The van der Waals surface area contributed by atoms with Crippen LogP contribution in [0.15, 0.2) is 33.9 Å². The van der Waals surface area contributed by atoms with Gasteiger partial charge in [-0.15, -0.1) is 0 Å². The number of carbonyl (C=O) groups excluding carboxylic acids is 4. The summed E-state index contributed by atoms with van der Waals surface area (Å²) in [5.74, 6) is -1.46. The first-order valence-corrected chi connectivity index (χ1v) is 13.2. The second-order valence-corrected chi connectivity index (χ2v) is 9.95. The lowest BCUT2D eigenvalue weighted by atomic mass is 9.91. The van der Waals surface area contributed by atoms with Gasteiger partial charge in [0.2, 0.25) is 0 Å². The van der Waals surface area contributed by atoms with E-state index in [1.165, 1.54) is 21.1 Å². The van der Waals surface area contributed by atoms with E-state index in [4.69, 9.17) is 18.9 Å². The molecule has 42 heavy (non-hydrogen) atoms. The fourth-order valence-corrected chi connectivity index (χ4v) is 6.48. The molecule has 16 nitrogen and oxygen atoms in total. The minimum Gasteiger partial charge on any atom is -0.493 e. The topological polar surface area (TPSA) is 162 Å². The van der Waals surface area contributed by atoms with Crippen molar-refractivity contribution in [2.75, 3.05) is 27.4 Å². The van der Waals surface area contributed by atoms with E-state index in [9.17, 15) is 28.8 Å². The number of ether oxygens (including phenoxy) is 4. The number of benzene rings is 1. The average molecular weight is 585 g/mol. The smallest absolute Gasteiger partial charge is 0.359 e. The molecule has 4 aliphatic rings. The van der Waals surface area contributed by atoms with E-state index in [-0.39, 0.29) is 26.3 Å². The lowest BCUT2D eigenvalue weighted by Crippen LogP contribution is -2.75. The van der Waals surface area contributed by atoms with Gasteiger partial charge in [0.05, 0.1) is 40.5 Å². The SMILES string of the molecule is CCOC(=O)C12N3Cc4cc(OC)c(OC)cc4CN1C(=O)N1Cn4c(=O)ccc(=O)n4CN(C3=O)C12C(=O)OCC. The van der Waals surface area contributed by atoms with Gasteiger partial charge in [0.25, 0.3) is 22.4 Å². The highest BCUT2D eigenvalue weighted by atomic mass is 16.6. The number of rotatable bonds is 6. The molecule has 1 aromatic heterocycles. The normalized spacial score (nSPS) is 23.5. The van der Waals surface area contributed by atoms with Gasteiger partial charge in [-0.2, -0.15) is 0 Å². The van der Waals surface area contributed by atoms with E-state index in [0.29, 0.717) is 22.6 Å². The summed E-state index contributed by atoms with van der Waals surface area (Å²) in [6, 6.07) is 3.58. The number of hydrogen-bond donors (Lipinski definition) is 0. The maximum absolute atomic E-state index is 14.5. The molecule has 0 N–H and O–H groups in total. The van der Waals surface area contributed by atoms with Crippen LogP contribution in [0.3, 0.4) is 0 Å². The molecule has 6 rings (SSSR count). The Morgan fingerprint density at radius 2 is 1.07 bits per heavy atom. The monoisotopic (exact) mass is 584 g/mol. The first-order valence-electron chi connectivity index (χ1n) is 13.2. The van der Waals surface area contributed by atoms with Crippen molar-refractivity contribution in [2.24, 2.45) is 0 Å². The highest BCUT2D eigenvalue weighted by Crippen LogP contribution is 2.56. The Morgan fingerprint density at radius 1 is 0.690 bits per heavy atom. The van der Waals surface area contributed by atoms with Gasteiger partial charge in [0, 0.05) is 12.1 Å². The standard InChI is InChI=1S/C26H28N6O10/c1-5-41-21(35)25-26(22(36)42-6-2)29-13-31-19(33)7-8-20(34)32(31)14-30(26)24(38)28(25)12-16-10-18(40-4)17(39-3)9-15(16)11-27(25)23(29)37/h7-10H,5-6,11-14H2,1-4H3. The number of hydrogen-bond acceptors (Lipinski definition) is 10. The molecule has 1 aromatic carbocycles. The lowest BCUT2D eigenvalue weighted by molar-refractivity contribution is -0.192. The summed E-state index contributed by atoms with van der Waals surface area (Å²) < 4.78 is 23.8. The van der Waals surface area contributed by atoms with Crippen LogP contribution in [0.2, 0.25) is 0 Å². The van der Waals surface area contributed by atoms with E-state index < -0.39 is 59.8 Å². The predicted octanol–water partition coefficient (Wildman–Crippen LogP) is -0.336. The Balaban J connectivity index is 1.71. The van der Waals surface area contributed by atoms with Crippen molar-refractivity contribution in [2.45, 2.75) is 51.6 Å². The minimum absolute atomic E-state index is 0.142. The summed E-state index contributed by atoms with van der Waals surface area (Å²) in [5.41, 5.74) is -5.18. The van der Waals surface area contributed by atoms with E-state index in [2.05, 4.69) is 0 Å². The average Bonchev–Trinajstić information content (AvgIpc) is 3.14. The third-order valence-corrected chi connectivity index (χ3v) is 8.17. The number of urea groups is 2. The molecular formula is C26H28N6O10. The van der Waals surface area contributed by atoms with Crippen LogP contribution in [-0.2, 0) is 45.5 Å². The molecule has 4 amide bonds. The molecule has 0 atom stereocenters. The van der Waals surface area contributed by atoms with E-state index in [1.54, 1.807) is 19.1 Å². The quantitative estimate of drug-likeness (QED) is 0.411. The molecule has 0 spiro atoms. The van der Waals surface area contributed by atoms with Crippen molar-refractivity contribution in [1.29, 1.82) is 0 Å². The molecule has 2 saturated heterocycles. The van der Waals surface area contributed by atoms with E-state index in [1.807, 2.05) is 0 Å². The predicted molar refractivity (Wildman–Crippen MR) is 139 cm³/mol. The number of amides is 4. The van der Waals surface area contributed by atoms with Crippen molar-refractivity contribution in [3.8, 4) is 11.5 Å². The van der Waals surface area contributed by atoms with Gasteiger partial charge in [0.15, 0.2) is 11.5 Å². The number of aromatic nitrogens is 2. The van der Waals surface area contributed by atoms with E-state index in [0.717, 1.165) is 41.1 Å². The van der Waals surface area contributed by atoms with Gasteiger partial charge in [-0.25, -0.2) is 28.5 Å². The van der Waals surface area contributed by atoms with Crippen LogP contribution < -0.4 is 20.6 Å². The van der Waals surface area contributed by atoms with Gasteiger partial charge in [-0.1, -0.05) is 0 Å². The Kier molecular flexibility index (Phi) is 5.98. The van der Waals surface area contributed by atoms with Gasteiger partial charge in [-0.3, -0.25) is 29.2 Å². The third kappa shape index (κ3) is 3.06. The van der Waals surface area contributed by atoms with Gasteiger partial charge >= 0.3 is 24.0 Å². The fourth-order valence-electron chi connectivity index (χ4n) is 6.48. The van der Waals surface area contributed by atoms with Crippen molar-refractivity contribution in [3.05, 3.63) is 56.1 Å². The zero-order chi connectivity index (χ0) is 30.1. The lowest BCUT2D eigenvalue weighted by Gasteiger charge is -2.43. The van der Waals surface area contributed by atoms with Crippen LogP contribution in [0.5, 0.6) is 11.5 Å². The van der Waals surface area contributed by atoms with Gasteiger partial charge < -0.3 is 18.9 Å². The second-order valence-electron chi connectivity index (χ2n) is 9.95. The zero-order valence-electron chi connectivity index (χ0n) is 23.3. The molecule has 2 aromatic rings. The highest BCUT2D eigenvalue weighted by molar-refractivity contribution is 6.09. The van der Waals surface area contributed by atoms with Crippen LogP contribution in [0.25, 0.3) is 0 Å². The molecule has 5 heterocycles. The first-order chi connectivity index (χ1) is 20.1. The maximum atomic E-state index is 14.5. The summed E-state index contributed by atoms with van der Waals surface area (Å²) in [6.07, 6.45) is 0. The summed E-state index contributed by atoms with van der Waals surface area (Å²) in [5, 5.41) is 0. The second kappa shape index (κ2) is 9.25. The molecule has 222 valence electrons. The summed E-state index contributed by atoms with van der Waals surface area (Å²) in [6.45, 7) is 1.01. The van der Waals surface area contributed by atoms with Crippen LogP contribution in [0.4, 0.5) is 9.59 Å². The Hall–Kier alpha value is -5.02. The van der Waals surface area contributed by atoms with Crippen LogP contribution >= 0.6 is 0 Å². The van der Waals surface area contributed by atoms with Crippen LogP contribution in [0.1, 0.15) is 25.0 Å². The summed E-state index contributed by atoms with van der Waals surface area (Å²) in [7, 11) is 2.89. The molecule has 2 fully saturated rings. The Bertz CT molecular complexity index is 1570. The minimum atomic E-state index is -2.47. The number of fused-ring (bicyclic) bond motifs is 2. The maximum Gasteiger partial charge on any atom is 0.359 e. The van der Waals surface area contributed by atoms with Gasteiger partial charge in [-0.05, 0) is 37.1 Å². The summed E-state index contributed by atoms with van der Waals surface area (Å²) in [4.78, 5) is 87.5. The Labute approximate surface area is 238 Å².